The summed E-state index contributed by atoms with van der Waals surface area (Å²) in [7, 11) is 1.85. The van der Waals surface area contributed by atoms with E-state index in [0.29, 0.717) is 5.41 Å². The van der Waals surface area contributed by atoms with Crippen molar-refractivity contribution in [1.29, 1.82) is 0 Å². The number of aryl methyl sites for hydroxylation is 2. The Labute approximate surface area is 149 Å². The van der Waals surface area contributed by atoms with Gasteiger partial charge < -0.3 is 19.4 Å². The average molecular weight is 419 g/mol. The first kappa shape index (κ1) is 17.6. The molecule has 1 N–H and O–H groups in total. The quantitative estimate of drug-likeness (QED) is 0.455. The molecule has 22 heavy (non-hydrogen) atoms. The number of guanidine groups is 1. The van der Waals surface area contributed by atoms with Crippen LogP contribution in [0.25, 0.3) is 0 Å². The molecule has 124 valence electrons. The smallest absolute Gasteiger partial charge is 0.193 e. The number of aliphatic imine (C=N–C) groups is 1. The number of nitrogens with one attached hydrogen (secondary N) is 1. The van der Waals surface area contributed by atoms with Crippen molar-refractivity contribution in [3.63, 3.8) is 0 Å². The maximum absolute atomic E-state index is 5.59. The predicted octanol–water partition coefficient (Wildman–Crippen LogP) is 2.70. The lowest BCUT2D eigenvalue weighted by Gasteiger charge is -2.24. The van der Waals surface area contributed by atoms with Gasteiger partial charge in [0.05, 0.1) is 6.61 Å². The summed E-state index contributed by atoms with van der Waals surface area (Å²) in [5, 5.41) is 3.46. The molecule has 2 aliphatic heterocycles. The third-order valence-corrected chi connectivity index (χ3v) is 4.72. The number of likely N-dealkylation sites (tertiary alicyclic amines) is 1. The third-order valence-electron chi connectivity index (χ3n) is 4.72. The monoisotopic (exact) mass is 419 g/mol. The summed E-state index contributed by atoms with van der Waals surface area (Å²) in [6.45, 7) is 8.68. The van der Waals surface area contributed by atoms with E-state index in [4.69, 9.17) is 9.15 Å². The molecule has 0 aromatic carbocycles. The molecule has 3 rings (SSSR count). The lowest BCUT2D eigenvalue weighted by atomic mass is 9.87. The second kappa shape index (κ2) is 7.21. The molecule has 3 heterocycles. The predicted molar refractivity (Wildman–Crippen MR) is 97.9 cm³/mol. The van der Waals surface area contributed by atoms with Crippen molar-refractivity contribution in [2.24, 2.45) is 10.4 Å². The van der Waals surface area contributed by atoms with E-state index in [9.17, 15) is 0 Å². The van der Waals surface area contributed by atoms with Crippen molar-refractivity contribution in [1.82, 2.24) is 10.2 Å². The minimum Gasteiger partial charge on any atom is -0.466 e. The van der Waals surface area contributed by atoms with E-state index in [0.717, 1.165) is 50.3 Å². The van der Waals surface area contributed by atoms with Gasteiger partial charge in [-0.15, -0.1) is 24.0 Å². The summed E-state index contributed by atoms with van der Waals surface area (Å²) in [5.74, 6) is 2.93. The van der Waals surface area contributed by atoms with E-state index < -0.39 is 0 Å². The van der Waals surface area contributed by atoms with Gasteiger partial charge in [0, 0.05) is 44.3 Å². The fourth-order valence-corrected chi connectivity index (χ4v) is 3.45. The third kappa shape index (κ3) is 3.59. The number of rotatable bonds is 2. The number of hydrogen-bond acceptors (Lipinski definition) is 3. The highest BCUT2D eigenvalue weighted by molar-refractivity contribution is 14.0. The molecule has 5 nitrogen and oxygen atoms in total. The summed E-state index contributed by atoms with van der Waals surface area (Å²) in [4.78, 5) is 6.79. The van der Waals surface area contributed by atoms with Crippen LogP contribution in [0.15, 0.2) is 15.5 Å². The van der Waals surface area contributed by atoms with Crippen molar-refractivity contribution in [3.8, 4) is 0 Å². The maximum Gasteiger partial charge on any atom is 0.193 e. The molecule has 1 atom stereocenters. The van der Waals surface area contributed by atoms with Crippen molar-refractivity contribution >= 4 is 29.9 Å². The molecule has 0 radical (unpaired) electrons. The molecular formula is C16H26IN3O2. The van der Waals surface area contributed by atoms with Crippen molar-refractivity contribution < 1.29 is 9.15 Å². The Balaban J connectivity index is 0.00000176. The molecule has 2 fully saturated rings. The van der Waals surface area contributed by atoms with Gasteiger partial charge in [0.15, 0.2) is 5.96 Å². The SMILES string of the molecule is CN=C(NCc1cc(C)oc1C)N1CCC2(CCOC2)C1.I. The Morgan fingerprint density at radius 3 is 2.82 bits per heavy atom. The van der Waals surface area contributed by atoms with Gasteiger partial charge in [-0.1, -0.05) is 0 Å². The number of hydrogen-bond donors (Lipinski definition) is 1. The van der Waals surface area contributed by atoms with Gasteiger partial charge in [0.1, 0.15) is 11.5 Å². The molecule has 1 aromatic rings. The second-order valence-corrected chi connectivity index (χ2v) is 6.31. The minimum atomic E-state index is 0. The van der Waals surface area contributed by atoms with Crippen LogP contribution in [0.5, 0.6) is 0 Å². The molecule has 1 unspecified atom stereocenters. The molecule has 6 heteroatoms. The van der Waals surface area contributed by atoms with Crippen LogP contribution in [-0.4, -0.2) is 44.2 Å². The van der Waals surface area contributed by atoms with Crippen LogP contribution in [-0.2, 0) is 11.3 Å². The second-order valence-electron chi connectivity index (χ2n) is 6.31. The van der Waals surface area contributed by atoms with Gasteiger partial charge in [0.25, 0.3) is 0 Å². The Kier molecular flexibility index (Phi) is 5.76. The summed E-state index contributed by atoms with van der Waals surface area (Å²) in [5.41, 5.74) is 1.56. The number of halogens is 1. The lowest BCUT2D eigenvalue weighted by Crippen LogP contribution is -2.41. The zero-order valence-electron chi connectivity index (χ0n) is 13.6. The number of nitrogens with zero attached hydrogens (tertiary/aromatic N) is 2. The highest BCUT2D eigenvalue weighted by Crippen LogP contribution is 2.38. The molecule has 1 aromatic heterocycles. The number of furan rings is 1. The molecule has 0 amide bonds. The van der Waals surface area contributed by atoms with E-state index in [1.54, 1.807) is 0 Å². The first-order valence-corrected chi connectivity index (χ1v) is 7.71. The van der Waals surface area contributed by atoms with Crippen molar-refractivity contribution in [3.05, 3.63) is 23.2 Å². The fraction of sp³-hybridized carbons (Fsp3) is 0.688. The maximum atomic E-state index is 5.59. The van der Waals surface area contributed by atoms with Crippen LogP contribution < -0.4 is 5.32 Å². The highest BCUT2D eigenvalue weighted by Gasteiger charge is 2.42. The zero-order valence-corrected chi connectivity index (χ0v) is 16.0. The van der Waals surface area contributed by atoms with Gasteiger partial charge in [-0.25, -0.2) is 0 Å². The Bertz CT molecular complexity index is 535. The van der Waals surface area contributed by atoms with Crippen LogP contribution in [0, 0.1) is 19.3 Å². The van der Waals surface area contributed by atoms with E-state index >= 15 is 0 Å². The van der Waals surface area contributed by atoms with Crippen molar-refractivity contribution in [2.75, 3.05) is 33.4 Å². The molecule has 0 bridgehead atoms. The number of ether oxygens (including phenoxy) is 1. The summed E-state index contributed by atoms with van der Waals surface area (Å²) in [6.07, 6.45) is 2.39. The minimum absolute atomic E-state index is 0. The van der Waals surface area contributed by atoms with Gasteiger partial charge in [0.2, 0.25) is 0 Å². The van der Waals surface area contributed by atoms with E-state index in [2.05, 4.69) is 21.3 Å². The highest BCUT2D eigenvalue weighted by atomic mass is 127. The summed E-state index contributed by atoms with van der Waals surface area (Å²) < 4.78 is 11.2. The van der Waals surface area contributed by atoms with E-state index in [1.807, 2.05) is 20.9 Å². The normalized spacial score (nSPS) is 24.9. The summed E-state index contributed by atoms with van der Waals surface area (Å²) in [6, 6.07) is 2.09. The van der Waals surface area contributed by atoms with Crippen LogP contribution in [0.1, 0.15) is 29.9 Å². The Morgan fingerprint density at radius 2 is 2.23 bits per heavy atom. The Hall–Kier alpha value is -0.760. The first-order chi connectivity index (χ1) is 10.1. The largest absolute Gasteiger partial charge is 0.466 e. The van der Waals surface area contributed by atoms with Crippen LogP contribution in [0.4, 0.5) is 0 Å². The van der Waals surface area contributed by atoms with Crippen LogP contribution >= 0.6 is 24.0 Å². The Morgan fingerprint density at radius 1 is 1.41 bits per heavy atom. The van der Waals surface area contributed by atoms with Gasteiger partial charge >= 0.3 is 0 Å². The van der Waals surface area contributed by atoms with Gasteiger partial charge in [-0.3, -0.25) is 4.99 Å². The molecule has 2 aliphatic rings. The molecule has 0 saturated carbocycles. The van der Waals surface area contributed by atoms with Gasteiger partial charge in [-0.2, -0.15) is 0 Å². The lowest BCUT2D eigenvalue weighted by molar-refractivity contribution is 0.156. The fourth-order valence-electron chi connectivity index (χ4n) is 3.45. The standard InChI is InChI=1S/C16H25N3O2.HI/c1-12-8-14(13(2)21-12)9-18-15(17-3)19-6-4-16(10-19)5-7-20-11-16;/h8H,4-7,9-11H2,1-3H3,(H,17,18);1H. The average Bonchev–Trinajstić information content (AvgIpc) is 3.15. The molecular weight excluding hydrogens is 393 g/mol. The molecule has 2 saturated heterocycles. The van der Waals surface area contributed by atoms with E-state index in [1.165, 1.54) is 18.4 Å². The van der Waals surface area contributed by atoms with Crippen LogP contribution in [0.3, 0.4) is 0 Å². The first-order valence-electron chi connectivity index (χ1n) is 7.71. The van der Waals surface area contributed by atoms with E-state index in [-0.39, 0.29) is 24.0 Å². The van der Waals surface area contributed by atoms with Gasteiger partial charge in [-0.05, 0) is 32.8 Å². The van der Waals surface area contributed by atoms with Crippen molar-refractivity contribution in [2.45, 2.75) is 33.2 Å². The van der Waals surface area contributed by atoms with Crippen LogP contribution in [0.2, 0.25) is 0 Å². The molecule has 0 aliphatic carbocycles. The topological polar surface area (TPSA) is 50.0 Å². The zero-order chi connectivity index (χ0) is 14.9. The summed E-state index contributed by atoms with van der Waals surface area (Å²) >= 11 is 0. The molecule has 1 spiro atoms.